The number of hydrogen-bond acceptors (Lipinski definition) is 5. The minimum atomic E-state index is -0.543. The number of hydrogen-bond donors (Lipinski definition) is 1. The van der Waals surface area contributed by atoms with Crippen LogP contribution in [0.5, 0.6) is 0 Å². The number of aryl methyl sites for hydroxylation is 1. The number of carbonyl (C=O) groups excluding carboxylic acids is 2. The highest BCUT2D eigenvalue weighted by atomic mass is 16.5. The van der Waals surface area contributed by atoms with Crippen LogP contribution in [-0.2, 0) is 16.1 Å². The monoisotopic (exact) mass is 304 g/mol. The second-order valence-electron chi connectivity index (χ2n) is 4.89. The van der Waals surface area contributed by atoms with Crippen molar-refractivity contribution < 1.29 is 14.3 Å². The largest absolute Gasteiger partial charge is 0.452 e. The third-order valence-electron chi connectivity index (χ3n) is 3.24. The number of nitrogens with zero attached hydrogens (tertiary/aromatic N) is 3. The molecule has 1 amide bonds. The van der Waals surface area contributed by atoms with Gasteiger partial charge in [-0.1, -0.05) is 18.6 Å². The van der Waals surface area contributed by atoms with Crippen molar-refractivity contribution in [2.45, 2.75) is 33.2 Å². The van der Waals surface area contributed by atoms with Crippen LogP contribution in [0.15, 0.2) is 18.2 Å². The van der Waals surface area contributed by atoms with E-state index in [4.69, 9.17) is 4.74 Å². The summed E-state index contributed by atoms with van der Waals surface area (Å²) in [6.45, 7) is 5.03. The summed E-state index contributed by atoms with van der Waals surface area (Å²) in [5.74, 6) is -0.835. The van der Waals surface area contributed by atoms with Crippen LogP contribution < -0.4 is 5.32 Å². The van der Waals surface area contributed by atoms with Gasteiger partial charge in [-0.25, -0.2) is 9.48 Å². The quantitative estimate of drug-likeness (QED) is 0.619. The van der Waals surface area contributed by atoms with Crippen molar-refractivity contribution in [2.24, 2.45) is 0 Å². The molecule has 1 N–H and O–H groups in total. The number of carbonyl (C=O) groups is 2. The Hall–Kier alpha value is -2.44. The molecular formula is C15H20N4O3. The molecule has 0 saturated heterocycles. The fourth-order valence-corrected chi connectivity index (χ4v) is 2.00. The minimum absolute atomic E-state index is 0.276. The van der Waals surface area contributed by atoms with Crippen LogP contribution in [0.3, 0.4) is 0 Å². The molecule has 22 heavy (non-hydrogen) atoms. The summed E-state index contributed by atoms with van der Waals surface area (Å²) in [4.78, 5) is 23.4. The number of aromatic nitrogens is 3. The number of nitrogens with one attached hydrogen (secondary N) is 1. The van der Waals surface area contributed by atoms with Crippen LogP contribution in [0.2, 0.25) is 0 Å². The lowest BCUT2D eigenvalue weighted by molar-refractivity contribution is -0.124. The molecule has 1 aromatic carbocycles. The van der Waals surface area contributed by atoms with Crippen molar-refractivity contribution in [3.05, 3.63) is 23.8 Å². The molecule has 0 spiro atoms. The van der Waals surface area contributed by atoms with Crippen LogP contribution in [-0.4, -0.2) is 40.0 Å². The van der Waals surface area contributed by atoms with Gasteiger partial charge in [-0.15, -0.1) is 5.10 Å². The zero-order valence-electron chi connectivity index (χ0n) is 12.8. The fourth-order valence-electron chi connectivity index (χ4n) is 2.00. The van der Waals surface area contributed by atoms with E-state index < -0.39 is 5.97 Å². The molecule has 1 heterocycles. The third-order valence-corrected chi connectivity index (χ3v) is 3.24. The maximum atomic E-state index is 11.9. The first-order valence-corrected chi connectivity index (χ1v) is 7.42. The van der Waals surface area contributed by atoms with E-state index in [-0.39, 0.29) is 12.5 Å². The maximum absolute atomic E-state index is 11.9. The van der Waals surface area contributed by atoms with Gasteiger partial charge in [0.1, 0.15) is 5.52 Å². The molecule has 118 valence electrons. The van der Waals surface area contributed by atoms with E-state index in [0.717, 1.165) is 18.4 Å². The summed E-state index contributed by atoms with van der Waals surface area (Å²) in [7, 11) is 0. The average Bonchev–Trinajstić information content (AvgIpc) is 2.95. The van der Waals surface area contributed by atoms with Gasteiger partial charge >= 0.3 is 5.97 Å². The third kappa shape index (κ3) is 3.81. The van der Waals surface area contributed by atoms with Gasteiger partial charge in [-0.2, -0.15) is 0 Å². The van der Waals surface area contributed by atoms with Gasteiger partial charge in [0.15, 0.2) is 6.61 Å². The van der Waals surface area contributed by atoms with Crippen molar-refractivity contribution in [2.75, 3.05) is 13.2 Å². The molecule has 0 aliphatic heterocycles. The molecule has 7 nitrogen and oxygen atoms in total. The Bertz CT molecular complexity index is 666. The van der Waals surface area contributed by atoms with Crippen molar-refractivity contribution in [3.8, 4) is 0 Å². The van der Waals surface area contributed by atoms with Crippen LogP contribution in [0.25, 0.3) is 11.0 Å². The maximum Gasteiger partial charge on any atom is 0.338 e. The first-order valence-electron chi connectivity index (χ1n) is 7.42. The molecule has 0 unspecified atom stereocenters. The second kappa shape index (κ2) is 7.53. The first-order chi connectivity index (χ1) is 10.7. The summed E-state index contributed by atoms with van der Waals surface area (Å²) < 4.78 is 6.74. The summed E-state index contributed by atoms with van der Waals surface area (Å²) in [5, 5.41) is 10.7. The lowest BCUT2D eigenvalue weighted by Gasteiger charge is -2.06. The average molecular weight is 304 g/mol. The molecule has 0 saturated carbocycles. The molecule has 0 atom stereocenters. The van der Waals surface area contributed by atoms with Gasteiger partial charge in [0.05, 0.1) is 11.1 Å². The zero-order valence-corrected chi connectivity index (χ0v) is 12.8. The van der Waals surface area contributed by atoms with Crippen molar-refractivity contribution in [3.63, 3.8) is 0 Å². The van der Waals surface area contributed by atoms with Gasteiger partial charge in [-0.05, 0) is 31.5 Å². The van der Waals surface area contributed by atoms with E-state index in [1.807, 2.05) is 13.8 Å². The predicted molar refractivity (Wildman–Crippen MR) is 81.4 cm³/mol. The van der Waals surface area contributed by atoms with Gasteiger partial charge < -0.3 is 10.1 Å². The van der Waals surface area contributed by atoms with Gasteiger partial charge in [-0.3, -0.25) is 4.79 Å². The minimum Gasteiger partial charge on any atom is -0.452 e. The van der Waals surface area contributed by atoms with E-state index in [1.54, 1.807) is 22.9 Å². The summed E-state index contributed by atoms with van der Waals surface area (Å²) in [5.41, 5.74) is 1.84. The number of unbranched alkanes of at least 4 members (excludes halogenated alkanes) is 1. The van der Waals surface area contributed by atoms with Gasteiger partial charge in [0, 0.05) is 13.1 Å². The molecule has 2 rings (SSSR count). The highest BCUT2D eigenvalue weighted by molar-refractivity contribution is 5.94. The van der Waals surface area contributed by atoms with Crippen molar-refractivity contribution >= 4 is 22.9 Å². The van der Waals surface area contributed by atoms with Gasteiger partial charge in [0.25, 0.3) is 5.91 Å². The van der Waals surface area contributed by atoms with Gasteiger partial charge in [0.2, 0.25) is 0 Å². The van der Waals surface area contributed by atoms with Crippen LogP contribution in [0, 0.1) is 0 Å². The first kappa shape index (κ1) is 15.9. The van der Waals surface area contributed by atoms with Crippen LogP contribution in [0.1, 0.15) is 37.0 Å². The van der Waals surface area contributed by atoms with E-state index in [2.05, 4.69) is 15.6 Å². The normalized spacial score (nSPS) is 10.6. The van der Waals surface area contributed by atoms with Crippen molar-refractivity contribution in [1.29, 1.82) is 0 Å². The Balaban J connectivity index is 1.94. The number of ether oxygens (including phenoxy) is 1. The fraction of sp³-hybridized carbons (Fsp3) is 0.467. The Labute approximate surface area is 128 Å². The zero-order chi connectivity index (χ0) is 15.9. The number of fused-ring (bicyclic) bond motifs is 1. The number of esters is 1. The molecule has 0 radical (unpaired) electrons. The van der Waals surface area contributed by atoms with E-state index >= 15 is 0 Å². The van der Waals surface area contributed by atoms with E-state index in [1.165, 1.54) is 0 Å². The highest BCUT2D eigenvalue weighted by Gasteiger charge is 2.12. The van der Waals surface area contributed by atoms with Crippen LogP contribution >= 0.6 is 0 Å². The lowest BCUT2D eigenvalue weighted by atomic mass is 10.2. The molecule has 1 aromatic heterocycles. The highest BCUT2D eigenvalue weighted by Crippen LogP contribution is 2.14. The Morgan fingerprint density at radius 3 is 2.86 bits per heavy atom. The van der Waals surface area contributed by atoms with Crippen molar-refractivity contribution in [1.82, 2.24) is 20.3 Å². The second-order valence-corrected chi connectivity index (χ2v) is 4.89. The molecular weight excluding hydrogens is 284 g/mol. The summed E-state index contributed by atoms with van der Waals surface area (Å²) >= 11 is 0. The standard InChI is InChI=1S/C15H20N4O3/c1-3-5-8-16-14(20)10-22-15(21)11-6-7-13-12(9-11)17-18-19(13)4-2/h6-7,9H,3-5,8,10H2,1-2H3,(H,16,20). The number of benzene rings is 1. The molecule has 0 bridgehead atoms. The topological polar surface area (TPSA) is 86.1 Å². The Kier molecular flexibility index (Phi) is 5.46. The molecule has 7 heteroatoms. The summed E-state index contributed by atoms with van der Waals surface area (Å²) in [6.07, 6.45) is 1.90. The lowest BCUT2D eigenvalue weighted by Crippen LogP contribution is -2.29. The number of amides is 1. The van der Waals surface area contributed by atoms with Crippen LogP contribution in [0.4, 0.5) is 0 Å². The Morgan fingerprint density at radius 1 is 1.32 bits per heavy atom. The molecule has 0 aliphatic rings. The van der Waals surface area contributed by atoms with E-state index in [0.29, 0.717) is 24.2 Å². The summed E-state index contributed by atoms with van der Waals surface area (Å²) in [6, 6.07) is 5.04. The molecule has 0 aliphatic carbocycles. The predicted octanol–water partition coefficient (Wildman–Crippen LogP) is 1.52. The smallest absolute Gasteiger partial charge is 0.338 e. The van der Waals surface area contributed by atoms with E-state index in [9.17, 15) is 9.59 Å². The molecule has 0 fully saturated rings. The Morgan fingerprint density at radius 2 is 2.14 bits per heavy atom. The SMILES string of the molecule is CCCCNC(=O)COC(=O)c1ccc2c(c1)nnn2CC. The molecule has 2 aromatic rings. The number of rotatable bonds is 7.